The van der Waals surface area contributed by atoms with Gasteiger partial charge in [0, 0.05) is 4.90 Å². The van der Waals surface area contributed by atoms with Crippen LogP contribution in [0.5, 0.6) is 0 Å². The van der Waals surface area contributed by atoms with Crippen LogP contribution in [0.2, 0.25) is 0 Å². The van der Waals surface area contributed by atoms with Crippen molar-refractivity contribution in [1.29, 1.82) is 0 Å². The summed E-state index contributed by atoms with van der Waals surface area (Å²) in [5, 5.41) is 3.91. The second-order valence-corrected chi connectivity index (χ2v) is 4.43. The molecule has 1 fully saturated rings. The normalized spacial score (nSPS) is 22.1. The third kappa shape index (κ3) is 2.45. The summed E-state index contributed by atoms with van der Waals surface area (Å²) in [5.74, 6) is -0.163. The summed E-state index contributed by atoms with van der Waals surface area (Å²) in [7, 11) is 0. The first kappa shape index (κ1) is 9.03. The van der Waals surface area contributed by atoms with E-state index in [-0.39, 0.29) is 5.82 Å². The highest BCUT2D eigenvalue weighted by Crippen LogP contribution is 2.26. The Morgan fingerprint density at radius 3 is 2.69 bits per heavy atom. The summed E-state index contributed by atoms with van der Waals surface area (Å²) >= 11 is 1.78. The Morgan fingerprint density at radius 1 is 1.31 bits per heavy atom. The van der Waals surface area contributed by atoms with E-state index >= 15 is 0 Å². The van der Waals surface area contributed by atoms with E-state index in [2.05, 4.69) is 5.32 Å². The van der Waals surface area contributed by atoms with Crippen LogP contribution in [-0.2, 0) is 0 Å². The molecule has 1 nitrogen and oxygen atoms in total. The van der Waals surface area contributed by atoms with Gasteiger partial charge in [0.15, 0.2) is 0 Å². The first-order valence-corrected chi connectivity index (χ1v) is 5.38. The predicted molar refractivity (Wildman–Crippen MR) is 53.3 cm³/mol. The fourth-order valence-electron chi connectivity index (χ4n) is 1.43. The van der Waals surface area contributed by atoms with Crippen molar-refractivity contribution in [2.45, 2.75) is 23.1 Å². The Labute approximate surface area is 81.7 Å². The summed E-state index contributed by atoms with van der Waals surface area (Å²) in [6.45, 7) is 1.11. The summed E-state index contributed by atoms with van der Waals surface area (Å²) in [4.78, 5) is 1.14. The van der Waals surface area contributed by atoms with Gasteiger partial charge in [-0.25, -0.2) is 4.39 Å². The highest BCUT2D eigenvalue weighted by Gasteiger charge is 2.14. The Balaban J connectivity index is 1.97. The lowest BCUT2D eigenvalue weighted by Gasteiger charge is -2.08. The number of hydrogen-bond acceptors (Lipinski definition) is 2. The van der Waals surface area contributed by atoms with Crippen molar-refractivity contribution in [2.24, 2.45) is 0 Å². The number of rotatable bonds is 2. The van der Waals surface area contributed by atoms with Gasteiger partial charge in [0.05, 0.1) is 5.37 Å². The van der Waals surface area contributed by atoms with Gasteiger partial charge in [-0.05, 0) is 43.7 Å². The van der Waals surface area contributed by atoms with Gasteiger partial charge < -0.3 is 5.32 Å². The van der Waals surface area contributed by atoms with Crippen molar-refractivity contribution in [3.8, 4) is 0 Å². The summed E-state index contributed by atoms with van der Waals surface area (Å²) in [6.07, 6.45) is 2.46. The summed E-state index contributed by atoms with van der Waals surface area (Å²) in [5.41, 5.74) is 0. The van der Waals surface area contributed by atoms with Crippen molar-refractivity contribution in [3.05, 3.63) is 30.1 Å². The quantitative estimate of drug-likeness (QED) is 0.782. The largest absolute Gasteiger partial charge is 0.305 e. The Kier molecular flexibility index (Phi) is 2.86. The molecule has 1 atom stereocenters. The zero-order chi connectivity index (χ0) is 9.10. The molecule has 0 amide bonds. The fraction of sp³-hybridized carbons (Fsp3) is 0.400. The molecule has 1 N–H and O–H groups in total. The Bertz CT molecular complexity index is 267. The maximum atomic E-state index is 12.6. The minimum absolute atomic E-state index is 0.163. The molecule has 0 spiro atoms. The molecule has 0 radical (unpaired) electrons. The van der Waals surface area contributed by atoms with E-state index in [9.17, 15) is 4.39 Å². The van der Waals surface area contributed by atoms with Crippen LogP contribution in [0.4, 0.5) is 4.39 Å². The van der Waals surface area contributed by atoms with Gasteiger partial charge in [0.2, 0.25) is 0 Å². The highest BCUT2D eigenvalue weighted by atomic mass is 32.2. The van der Waals surface area contributed by atoms with Gasteiger partial charge in [-0.2, -0.15) is 0 Å². The first-order chi connectivity index (χ1) is 6.34. The molecule has 2 rings (SSSR count). The van der Waals surface area contributed by atoms with Crippen LogP contribution in [-0.4, -0.2) is 11.9 Å². The van der Waals surface area contributed by atoms with E-state index in [1.54, 1.807) is 11.8 Å². The highest BCUT2D eigenvalue weighted by molar-refractivity contribution is 7.99. The monoisotopic (exact) mass is 197 g/mol. The summed E-state index contributed by atoms with van der Waals surface area (Å²) in [6, 6.07) is 6.69. The molecule has 1 aliphatic rings. The van der Waals surface area contributed by atoms with Crippen LogP contribution in [0.15, 0.2) is 29.2 Å². The maximum Gasteiger partial charge on any atom is 0.123 e. The van der Waals surface area contributed by atoms with Gasteiger partial charge in [-0.1, -0.05) is 0 Å². The minimum Gasteiger partial charge on any atom is -0.305 e. The second-order valence-electron chi connectivity index (χ2n) is 3.16. The third-order valence-electron chi connectivity index (χ3n) is 2.11. The molecule has 13 heavy (non-hydrogen) atoms. The average molecular weight is 197 g/mol. The standard InChI is InChI=1S/C10H12FNS/c11-8-3-5-9(6-4-8)13-10-2-1-7-12-10/h3-6,10,12H,1-2,7H2. The molecule has 0 bridgehead atoms. The predicted octanol–water partition coefficient (Wildman–Crippen LogP) is 2.63. The third-order valence-corrected chi connectivity index (χ3v) is 3.34. The number of hydrogen-bond donors (Lipinski definition) is 1. The second kappa shape index (κ2) is 4.11. The van der Waals surface area contributed by atoms with Crippen molar-refractivity contribution in [2.75, 3.05) is 6.54 Å². The Hall–Kier alpha value is -0.540. The molecular weight excluding hydrogens is 185 g/mol. The van der Waals surface area contributed by atoms with Crippen LogP contribution in [0.1, 0.15) is 12.8 Å². The van der Waals surface area contributed by atoms with Gasteiger partial charge in [0.1, 0.15) is 5.82 Å². The van der Waals surface area contributed by atoms with Crippen LogP contribution in [0.25, 0.3) is 0 Å². The molecule has 0 aliphatic carbocycles. The van der Waals surface area contributed by atoms with Gasteiger partial charge in [0.25, 0.3) is 0 Å². The number of nitrogens with one attached hydrogen (secondary N) is 1. The molecule has 1 aromatic rings. The van der Waals surface area contributed by atoms with Crippen LogP contribution >= 0.6 is 11.8 Å². The van der Waals surface area contributed by atoms with Crippen molar-refractivity contribution in [1.82, 2.24) is 5.32 Å². The Morgan fingerprint density at radius 2 is 2.08 bits per heavy atom. The van der Waals surface area contributed by atoms with Crippen LogP contribution in [0.3, 0.4) is 0 Å². The lowest BCUT2D eigenvalue weighted by atomic mass is 10.3. The lowest BCUT2D eigenvalue weighted by molar-refractivity contribution is 0.626. The van der Waals surface area contributed by atoms with Gasteiger partial charge >= 0.3 is 0 Å². The molecule has 1 aliphatic heterocycles. The topological polar surface area (TPSA) is 12.0 Å². The number of benzene rings is 1. The molecule has 1 saturated heterocycles. The molecule has 1 heterocycles. The first-order valence-electron chi connectivity index (χ1n) is 4.50. The van der Waals surface area contributed by atoms with Crippen LogP contribution < -0.4 is 5.32 Å². The zero-order valence-electron chi connectivity index (χ0n) is 7.29. The van der Waals surface area contributed by atoms with E-state index in [0.717, 1.165) is 11.4 Å². The molecule has 70 valence electrons. The minimum atomic E-state index is -0.163. The van der Waals surface area contributed by atoms with E-state index in [0.29, 0.717) is 5.37 Å². The van der Waals surface area contributed by atoms with Crippen molar-refractivity contribution < 1.29 is 4.39 Å². The van der Waals surface area contributed by atoms with Crippen molar-refractivity contribution in [3.63, 3.8) is 0 Å². The molecular formula is C10H12FNS. The molecule has 1 unspecified atom stereocenters. The number of thioether (sulfide) groups is 1. The summed E-state index contributed by atoms with van der Waals surface area (Å²) < 4.78 is 12.6. The molecule has 1 aromatic carbocycles. The van der Waals surface area contributed by atoms with E-state index in [4.69, 9.17) is 0 Å². The molecule has 0 aromatic heterocycles. The van der Waals surface area contributed by atoms with E-state index in [1.165, 1.54) is 25.0 Å². The van der Waals surface area contributed by atoms with Crippen LogP contribution in [0, 0.1) is 5.82 Å². The fourth-order valence-corrected chi connectivity index (χ4v) is 2.54. The van der Waals surface area contributed by atoms with E-state index in [1.807, 2.05) is 12.1 Å². The SMILES string of the molecule is Fc1ccc(SC2CCCN2)cc1. The molecule has 0 saturated carbocycles. The van der Waals surface area contributed by atoms with E-state index < -0.39 is 0 Å². The molecule has 3 heteroatoms. The smallest absolute Gasteiger partial charge is 0.123 e. The lowest BCUT2D eigenvalue weighted by Crippen LogP contribution is -2.16. The zero-order valence-corrected chi connectivity index (χ0v) is 8.11. The maximum absolute atomic E-state index is 12.6. The average Bonchev–Trinajstić information content (AvgIpc) is 2.62. The van der Waals surface area contributed by atoms with Gasteiger partial charge in [-0.15, -0.1) is 11.8 Å². The van der Waals surface area contributed by atoms with Gasteiger partial charge in [-0.3, -0.25) is 0 Å². The number of halogens is 1. The van der Waals surface area contributed by atoms with Crippen molar-refractivity contribution >= 4 is 11.8 Å².